The quantitative estimate of drug-likeness (QED) is 0.449. The Hall–Kier alpha value is -3.17. The molecule has 2 N–H and O–H groups in total. The number of amides is 2. The Morgan fingerprint density at radius 2 is 1.62 bits per heavy atom. The third-order valence-electron chi connectivity index (χ3n) is 4.52. The number of alkyl halides is 3. The Labute approximate surface area is 163 Å². The molecule has 10 heteroatoms. The van der Waals surface area contributed by atoms with Crippen molar-refractivity contribution in [1.29, 1.82) is 0 Å². The zero-order valence-corrected chi connectivity index (χ0v) is 16.1. The van der Waals surface area contributed by atoms with Crippen LogP contribution >= 0.6 is 0 Å². The van der Waals surface area contributed by atoms with Crippen molar-refractivity contribution in [3.8, 4) is 0 Å². The van der Waals surface area contributed by atoms with Crippen LogP contribution in [0.3, 0.4) is 0 Å². The Balaban J connectivity index is 2.31. The second-order valence-corrected chi connectivity index (χ2v) is 6.52. The number of benzene rings is 1. The molecule has 0 aliphatic rings. The molecule has 0 spiro atoms. The SMILES string of the molecule is Cc1c(C(=O)Nc2ccc(F)cc2)c(C)n(C)c1C(=O)C(=O)N[C@H](C)C(F)(F)F. The summed E-state index contributed by atoms with van der Waals surface area (Å²) in [4.78, 5) is 37.1. The van der Waals surface area contributed by atoms with Crippen molar-refractivity contribution >= 4 is 23.3 Å². The number of anilines is 1. The molecular weight excluding hydrogens is 394 g/mol. The van der Waals surface area contributed by atoms with Crippen molar-refractivity contribution in [2.45, 2.75) is 33.0 Å². The first-order valence-corrected chi connectivity index (χ1v) is 8.49. The van der Waals surface area contributed by atoms with E-state index in [1.165, 1.54) is 37.6 Å². The Bertz CT molecular complexity index is 963. The molecule has 0 aliphatic heterocycles. The van der Waals surface area contributed by atoms with E-state index in [2.05, 4.69) is 5.32 Å². The van der Waals surface area contributed by atoms with Crippen molar-refractivity contribution in [2.24, 2.45) is 7.05 Å². The van der Waals surface area contributed by atoms with Crippen molar-refractivity contribution in [2.75, 3.05) is 5.32 Å². The molecule has 2 aromatic rings. The highest BCUT2D eigenvalue weighted by Crippen LogP contribution is 2.24. The van der Waals surface area contributed by atoms with Gasteiger partial charge in [0.05, 0.1) is 11.3 Å². The standard InChI is InChI=1S/C19H19F4N3O3/c1-9-14(17(28)25-13-7-5-12(20)6-8-13)10(2)26(4)15(9)16(27)18(29)24-11(3)19(21,22)23/h5-8,11H,1-4H3,(H,24,29)(H,25,28)/t11-/m1/s1. The van der Waals surface area contributed by atoms with E-state index >= 15 is 0 Å². The first-order chi connectivity index (χ1) is 13.3. The van der Waals surface area contributed by atoms with Gasteiger partial charge in [-0.3, -0.25) is 14.4 Å². The summed E-state index contributed by atoms with van der Waals surface area (Å²) in [6.45, 7) is 3.66. The van der Waals surface area contributed by atoms with Gasteiger partial charge in [0.1, 0.15) is 11.9 Å². The molecule has 1 aromatic carbocycles. The number of hydrogen-bond acceptors (Lipinski definition) is 3. The topological polar surface area (TPSA) is 80.2 Å². The fourth-order valence-corrected chi connectivity index (χ4v) is 2.81. The van der Waals surface area contributed by atoms with Gasteiger partial charge in [0.25, 0.3) is 17.6 Å². The molecule has 6 nitrogen and oxygen atoms in total. The molecule has 156 valence electrons. The lowest BCUT2D eigenvalue weighted by atomic mass is 10.1. The van der Waals surface area contributed by atoms with E-state index < -0.39 is 35.6 Å². The van der Waals surface area contributed by atoms with Crippen LogP contribution in [0.15, 0.2) is 24.3 Å². The van der Waals surface area contributed by atoms with Gasteiger partial charge in [-0.2, -0.15) is 13.2 Å². The van der Waals surface area contributed by atoms with Gasteiger partial charge in [-0.25, -0.2) is 4.39 Å². The first kappa shape index (κ1) is 22.1. The molecule has 0 saturated heterocycles. The van der Waals surface area contributed by atoms with E-state index in [9.17, 15) is 31.9 Å². The molecule has 1 aromatic heterocycles. The average molecular weight is 413 g/mol. The smallest absolute Gasteiger partial charge is 0.344 e. The molecule has 2 amide bonds. The summed E-state index contributed by atoms with van der Waals surface area (Å²) in [5.74, 6) is -3.71. The number of carbonyl (C=O) groups excluding carboxylic acids is 3. The van der Waals surface area contributed by atoms with E-state index in [1.807, 2.05) is 0 Å². The maximum absolute atomic E-state index is 13.0. The summed E-state index contributed by atoms with van der Waals surface area (Å²) < 4.78 is 52.2. The average Bonchev–Trinajstić information content (AvgIpc) is 2.84. The number of halogens is 4. The largest absolute Gasteiger partial charge is 0.408 e. The lowest BCUT2D eigenvalue weighted by Crippen LogP contribution is -2.46. The molecule has 0 saturated carbocycles. The van der Waals surface area contributed by atoms with Gasteiger partial charge < -0.3 is 15.2 Å². The summed E-state index contributed by atoms with van der Waals surface area (Å²) in [7, 11) is 1.42. The molecule has 0 aliphatic carbocycles. The zero-order chi connectivity index (χ0) is 22.1. The minimum atomic E-state index is -4.70. The summed E-state index contributed by atoms with van der Waals surface area (Å²) in [6.07, 6.45) is -4.70. The minimum Gasteiger partial charge on any atom is -0.344 e. The Morgan fingerprint density at radius 1 is 1.07 bits per heavy atom. The molecule has 29 heavy (non-hydrogen) atoms. The van der Waals surface area contributed by atoms with Crippen molar-refractivity contribution < 1.29 is 31.9 Å². The second kappa shape index (κ2) is 8.06. The molecular formula is C19H19F4N3O3. The number of Topliss-reactive ketones (excluding diaryl/α,β-unsaturated/α-hetero) is 1. The van der Waals surface area contributed by atoms with Crippen molar-refractivity contribution in [1.82, 2.24) is 9.88 Å². The predicted molar refractivity (Wildman–Crippen MR) is 97.2 cm³/mol. The van der Waals surface area contributed by atoms with Gasteiger partial charge in [-0.1, -0.05) is 0 Å². The third kappa shape index (κ3) is 4.64. The summed E-state index contributed by atoms with van der Waals surface area (Å²) >= 11 is 0. The van der Waals surface area contributed by atoms with Gasteiger partial charge in [-0.15, -0.1) is 0 Å². The number of nitrogens with one attached hydrogen (secondary N) is 2. The van der Waals surface area contributed by atoms with E-state index in [1.54, 1.807) is 5.32 Å². The number of aromatic nitrogens is 1. The van der Waals surface area contributed by atoms with E-state index in [4.69, 9.17) is 0 Å². The number of nitrogens with zero attached hydrogens (tertiary/aromatic N) is 1. The normalized spacial score (nSPS) is 12.4. The zero-order valence-electron chi connectivity index (χ0n) is 16.1. The van der Waals surface area contributed by atoms with Crippen LogP contribution < -0.4 is 10.6 Å². The van der Waals surface area contributed by atoms with Gasteiger partial charge in [0.15, 0.2) is 0 Å². The monoisotopic (exact) mass is 413 g/mol. The van der Waals surface area contributed by atoms with E-state index in [-0.39, 0.29) is 16.8 Å². The number of carbonyl (C=O) groups is 3. The van der Waals surface area contributed by atoms with Crippen LogP contribution in [-0.4, -0.2) is 34.4 Å². The molecule has 2 rings (SSSR count). The predicted octanol–water partition coefficient (Wildman–Crippen LogP) is 3.28. The third-order valence-corrected chi connectivity index (χ3v) is 4.52. The van der Waals surface area contributed by atoms with E-state index in [0.29, 0.717) is 11.4 Å². The Kier molecular flexibility index (Phi) is 6.15. The summed E-state index contributed by atoms with van der Waals surface area (Å²) in [5, 5.41) is 4.16. The number of ketones is 1. The van der Waals surface area contributed by atoms with Crippen LogP contribution in [0.25, 0.3) is 0 Å². The summed E-state index contributed by atoms with van der Waals surface area (Å²) in [6, 6.07) is 2.79. The van der Waals surface area contributed by atoms with Crippen LogP contribution in [0.5, 0.6) is 0 Å². The van der Waals surface area contributed by atoms with Crippen molar-refractivity contribution in [3.05, 3.63) is 52.6 Å². The van der Waals surface area contributed by atoms with Gasteiger partial charge >= 0.3 is 6.18 Å². The summed E-state index contributed by atoms with van der Waals surface area (Å²) in [5.41, 5.74) is 0.686. The van der Waals surface area contributed by atoms with Gasteiger partial charge in [0, 0.05) is 18.4 Å². The van der Waals surface area contributed by atoms with Gasteiger partial charge in [0.2, 0.25) is 0 Å². The minimum absolute atomic E-state index is 0.0943. The molecule has 1 atom stereocenters. The highest BCUT2D eigenvalue weighted by Gasteiger charge is 2.39. The lowest BCUT2D eigenvalue weighted by molar-refractivity contribution is -0.156. The molecule has 0 fully saturated rings. The maximum atomic E-state index is 13.0. The molecule has 1 heterocycles. The van der Waals surface area contributed by atoms with E-state index in [0.717, 1.165) is 19.1 Å². The first-order valence-electron chi connectivity index (χ1n) is 8.49. The fraction of sp³-hybridized carbons (Fsp3) is 0.316. The van der Waals surface area contributed by atoms with Crippen LogP contribution in [0, 0.1) is 19.7 Å². The van der Waals surface area contributed by atoms with Crippen LogP contribution in [-0.2, 0) is 11.8 Å². The molecule has 0 unspecified atom stereocenters. The second-order valence-electron chi connectivity index (χ2n) is 6.52. The van der Waals surface area contributed by atoms with Crippen molar-refractivity contribution in [3.63, 3.8) is 0 Å². The lowest BCUT2D eigenvalue weighted by Gasteiger charge is -2.16. The number of hydrogen-bond donors (Lipinski definition) is 2. The highest BCUT2D eigenvalue weighted by atomic mass is 19.4. The van der Waals surface area contributed by atoms with Gasteiger partial charge in [-0.05, 0) is 50.6 Å². The van der Waals surface area contributed by atoms with Crippen LogP contribution in [0.2, 0.25) is 0 Å². The fourth-order valence-electron chi connectivity index (χ4n) is 2.81. The number of rotatable bonds is 5. The molecule has 0 radical (unpaired) electrons. The highest BCUT2D eigenvalue weighted by molar-refractivity contribution is 6.43. The Morgan fingerprint density at radius 3 is 2.14 bits per heavy atom. The maximum Gasteiger partial charge on any atom is 0.408 e. The molecule has 0 bridgehead atoms. The van der Waals surface area contributed by atoms with Crippen LogP contribution in [0.1, 0.15) is 39.0 Å². The van der Waals surface area contributed by atoms with Crippen LogP contribution in [0.4, 0.5) is 23.2 Å².